The normalized spacial score (nSPS) is 11.0. The van der Waals surface area contributed by atoms with Crippen LogP contribution in [-0.4, -0.2) is 35.4 Å². The molecular formula is C27H27N3O4S. The fourth-order valence-electron chi connectivity index (χ4n) is 3.83. The van der Waals surface area contributed by atoms with E-state index in [1.165, 1.54) is 18.9 Å². The van der Waals surface area contributed by atoms with Crippen LogP contribution in [0.15, 0.2) is 76.7 Å². The van der Waals surface area contributed by atoms with Crippen LogP contribution < -0.4 is 20.3 Å². The molecule has 0 unspecified atom stereocenters. The molecule has 0 aliphatic carbocycles. The predicted molar refractivity (Wildman–Crippen MR) is 140 cm³/mol. The number of aromatic nitrogens is 2. The topological polar surface area (TPSA) is 82.5 Å². The number of anilines is 1. The van der Waals surface area contributed by atoms with Crippen molar-refractivity contribution in [1.82, 2.24) is 9.55 Å². The summed E-state index contributed by atoms with van der Waals surface area (Å²) in [5, 5.41) is 3.85. The van der Waals surface area contributed by atoms with Gasteiger partial charge in [0.05, 0.1) is 42.3 Å². The molecule has 0 saturated carbocycles. The van der Waals surface area contributed by atoms with Crippen molar-refractivity contribution in [2.45, 2.75) is 24.9 Å². The highest BCUT2D eigenvalue weighted by Gasteiger charge is 2.18. The summed E-state index contributed by atoms with van der Waals surface area (Å²) in [5.74, 6) is 1.12. The number of carbonyl (C=O) groups is 1. The van der Waals surface area contributed by atoms with Gasteiger partial charge in [-0.1, -0.05) is 55.9 Å². The van der Waals surface area contributed by atoms with E-state index in [9.17, 15) is 9.59 Å². The lowest BCUT2D eigenvalue weighted by molar-refractivity contribution is -0.113. The van der Waals surface area contributed by atoms with Gasteiger partial charge < -0.3 is 14.8 Å². The van der Waals surface area contributed by atoms with Crippen LogP contribution in [-0.2, 0) is 4.79 Å². The summed E-state index contributed by atoms with van der Waals surface area (Å²) in [6.07, 6.45) is 0. The van der Waals surface area contributed by atoms with Crippen molar-refractivity contribution < 1.29 is 14.3 Å². The van der Waals surface area contributed by atoms with Gasteiger partial charge in [0.2, 0.25) is 5.91 Å². The van der Waals surface area contributed by atoms with Crippen LogP contribution in [0.3, 0.4) is 0 Å². The van der Waals surface area contributed by atoms with Crippen molar-refractivity contribution in [3.8, 4) is 17.2 Å². The van der Waals surface area contributed by atoms with Gasteiger partial charge in [-0.15, -0.1) is 0 Å². The minimum atomic E-state index is -0.257. The van der Waals surface area contributed by atoms with Crippen molar-refractivity contribution >= 4 is 34.3 Å². The van der Waals surface area contributed by atoms with Crippen LogP contribution in [0.25, 0.3) is 16.6 Å². The van der Waals surface area contributed by atoms with Crippen LogP contribution >= 0.6 is 11.8 Å². The Morgan fingerprint density at radius 1 is 1.03 bits per heavy atom. The highest BCUT2D eigenvalue weighted by atomic mass is 32.2. The highest BCUT2D eigenvalue weighted by Crippen LogP contribution is 2.30. The molecule has 7 nitrogen and oxygen atoms in total. The zero-order chi connectivity index (χ0) is 24.9. The number of rotatable bonds is 8. The highest BCUT2D eigenvalue weighted by molar-refractivity contribution is 7.99. The third-order valence-electron chi connectivity index (χ3n) is 5.56. The van der Waals surface area contributed by atoms with Gasteiger partial charge in [0, 0.05) is 6.07 Å². The number of fused-ring (bicyclic) bond motifs is 1. The summed E-state index contributed by atoms with van der Waals surface area (Å²) >= 11 is 1.21. The number of nitrogens with one attached hydrogen (secondary N) is 1. The summed E-state index contributed by atoms with van der Waals surface area (Å²) in [5.41, 5.74) is 2.72. The number of nitrogens with zero attached hydrogens (tertiary/aromatic N) is 2. The first-order valence-electron chi connectivity index (χ1n) is 11.2. The van der Waals surface area contributed by atoms with Gasteiger partial charge in [-0.25, -0.2) is 4.98 Å². The predicted octanol–water partition coefficient (Wildman–Crippen LogP) is 5.26. The Balaban J connectivity index is 1.70. The van der Waals surface area contributed by atoms with Crippen LogP contribution in [0.2, 0.25) is 0 Å². The number of ether oxygens (including phenoxy) is 2. The van der Waals surface area contributed by atoms with E-state index in [0.717, 1.165) is 11.3 Å². The molecule has 1 N–H and O–H groups in total. The van der Waals surface area contributed by atoms with Crippen molar-refractivity contribution in [3.05, 3.63) is 82.6 Å². The van der Waals surface area contributed by atoms with Crippen LogP contribution in [0.1, 0.15) is 25.3 Å². The Labute approximate surface area is 208 Å². The van der Waals surface area contributed by atoms with E-state index in [1.807, 2.05) is 36.4 Å². The lowest BCUT2D eigenvalue weighted by atomic mass is 10.0. The molecule has 0 aliphatic heterocycles. The summed E-state index contributed by atoms with van der Waals surface area (Å²) in [6, 6.07) is 20.2. The summed E-state index contributed by atoms with van der Waals surface area (Å²) < 4.78 is 12.2. The Morgan fingerprint density at radius 2 is 1.77 bits per heavy atom. The van der Waals surface area contributed by atoms with Gasteiger partial charge in [0.15, 0.2) is 5.16 Å². The van der Waals surface area contributed by atoms with E-state index in [2.05, 4.69) is 19.2 Å². The van der Waals surface area contributed by atoms with Gasteiger partial charge in [-0.05, 0) is 41.8 Å². The number of hydrogen-bond acceptors (Lipinski definition) is 6. The fraction of sp³-hybridized carbons (Fsp3) is 0.222. The first-order valence-corrected chi connectivity index (χ1v) is 12.2. The van der Waals surface area contributed by atoms with Gasteiger partial charge in [0.25, 0.3) is 5.56 Å². The molecule has 8 heteroatoms. The molecule has 35 heavy (non-hydrogen) atoms. The number of thioether (sulfide) groups is 1. The second-order valence-electron chi connectivity index (χ2n) is 8.17. The SMILES string of the molecule is COc1ccc(OC)c(NC(=O)CSc2nc3ccccc3c(=O)n2-c2ccccc2C(C)C)c1. The first-order chi connectivity index (χ1) is 16.9. The van der Waals surface area contributed by atoms with E-state index in [-0.39, 0.29) is 23.1 Å². The summed E-state index contributed by atoms with van der Waals surface area (Å²) in [4.78, 5) is 31.2. The molecule has 1 amide bonds. The zero-order valence-corrected chi connectivity index (χ0v) is 20.9. The van der Waals surface area contributed by atoms with Crippen molar-refractivity contribution in [1.29, 1.82) is 0 Å². The number of para-hydroxylation sites is 2. The van der Waals surface area contributed by atoms with E-state index in [4.69, 9.17) is 14.5 Å². The van der Waals surface area contributed by atoms with E-state index in [0.29, 0.717) is 33.2 Å². The molecule has 0 aliphatic rings. The summed E-state index contributed by atoms with van der Waals surface area (Å²) in [6.45, 7) is 4.17. The monoisotopic (exact) mass is 489 g/mol. The van der Waals surface area contributed by atoms with E-state index >= 15 is 0 Å². The number of amides is 1. The van der Waals surface area contributed by atoms with Gasteiger partial charge in [0.1, 0.15) is 11.5 Å². The van der Waals surface area contributed by atoms with Gasteiger partial charge >= 0.3 is 0 Å². The van der Waals surface area contributed by atoms with Crippen molar-refractivity contribution in [2.75, 3.05) is 25.3 Å². The number of benzene rings is 3. The Hall–Kier alpha value is -3.78. The molecular weight excluding hydrogens is 462 g/mol. The molecule has 3 aromatic carbocycles. The second kappa shape index (κ2) is 10.7. The molecule has 180 valence electrons. The number of carbonyl (C=O) groups excluding carboxylic acids is 1. The molecule has 0 atom stereocenters. The van der Waals surface area contributed by atoms with Crippen molar-refractivity contribution in [3.63, 3.8) is 0 Å². The van der Waals surface area contributed by atoms with Crippen LogP contribution in [0, 0.1) is 0 Å². The Bertz CT molecular complexity index is 1430. The molecule has 4 aromatic rings. The lowest BCUT2D eigenvalue weighted by Gasteiger charge is -2.18. The quantitative estimate of drug-likeness (QED) is 0.269. The van der Waals surface area contributed by atoms with Crippen LogP contribution in [0.5, 0.6) is 11.5 Å². The minimum absolute atomic E-state index is 0.0506. The molecule has 1 aromatic heterocycles. The number of hydrogen-bond donors (Lipinski definition) is 1. The standard InChI is InChI=1S/C27H27N3O4S/c1-17(2)19-9-6-8-12-23(19)30-26(32)20-10-5-7-11-21(20)29-27(30)35-16-25(31)28-22-15-18(33-3)13-14-24(22)34-4/h5-15,17H,16H2,1-4H3,(H,28,31). The smallest absolute Gasteiger partial charge is 0.266 e. The minimum Gasteiger partial charge on any atom is -0.497 e. The lowest BCUT2D eigenvalue weighted by Crippen LogP contribution is -2.24. The Morgan fingerprint density at radius 3 is 2.51 bits per heavy atom. The second-order valence-corrected chi connectivity index (χ2v) is 9.11. The molecule has 0 bridgehead atoms. The maximum atomic E-state index is 13.6. The average Bonchev–Trinajstić information content (AvgIpc) is 2.87. The third-order valence-corrected chi connectivity index (χ3v) is 6.50. The molecule has 0 fully saturated rings. The summed E-state index contributed by atoms with van der Waals surface area (Å²) in [7, 11) is 3.10. The largest absolute Gasteiger partial charge is 0.497 e. The van der Waals surface area contributed by atoms with Gasteiger partial charge in [-0.2, -0.15) is 0 Å². The Kier molecular flexibility index (Phi) is 7.41. The zero-order valence-electron chi connectivity index (χ0n) is 20.1. The average molecular weight is 490 g/mol. The molecule has 1 heterocycles. The number of methoxy groups -OCH3 is 2. The molecule has 4 rings (SSSR count). The van der Waals surface area contributed by atoms with Gasteiger partial charge in [-0.3, -0.25) is 14.2 Å². The van der Waals surface area contributed by atoms with E-state index < -0.39 is 0 Å². The maximum absolute atomic E-state index is 13.6. The first kappa shape index (κ1) is 24.3. The van der Waals surface area contributed by atoms with E-state index in [1.54, 1.807) is 42.0 Å². The molecule has 0 radical (unpaired) electrons. The van der Waals surface area contributed by atoms with Crippen molar-refractivity contribution in [2.24, 2.45) is 0 Å². The third kappa shape index (κ3) is 5.17. The molecule has 0 spiro atoms. The van der Waals surface area contributed by atoms with Crippen LogP contribution in [0.4, 0.5) is 5.69 Å². The molecule has 0 saturated heterocycles. The maximum Gasteiger partial charge on any atom is 0.266 e. The fourth-order valence-corrected chi connectivity index (χ4v) is 4.63.